The number of likely N-dealkylation sites (tertiary alicyclic amines) is 1. The quantitative estimate of drug-likeness (QED) is 0.510. The van der Waals surface area contributed by atoms with Gasteiger partial charge in [-0.2, -0.15) is 18.4 Å². The third kappa shape index (κ3) is 3.24. The van der Waals surface area contributed by atoms with E-state index in [9.17, 15) is 32.3 Å². The minimum Gasteiger partial charge on any atom is -0.469 e. The summed E-state index contributed by atoms with van der Waals surface area (Å²) in [5.74, 6) is -1.64. The number of nitriles is 1. The molecule has 32 heavy (non-hydrogen) atoms. The number of urea groups is 1. The van der Waals surface area contributed by atoms with Crippen molar-refractivity contribution in [3.63, 3.8) is 0 Å². The van der Waals surface area contributed by atoms with Gasteiger partial charge < -0.3 is 14.5 Å². The first-order chi connectivity index (χ1) is 15.1. The van der Waals surface area contributed by atoms with Gasteiger partial charge in [0, 0.05) is 13.0 Å². The minimum absolute atomic E-state index is 0.112. The third-order valence-corrected chi connectivity index (χ3v) is 6.04. The maximum absolute atomic E-state index is 13.3. The Hall–Kier alpha value is -3.62. The van der Waals surface area contributed by atoms with Crippen LogP contribution in [0.2, 0.25) is 0 Å². The van der Waals surface area contributed by atoms with Gasteiger partial charge in [0.1, 0.15) is 6.04 Å². The molecule has 0 radical (unpaired) electrons. The zero-order valence-electron chi connectivity index (χ0n) is 16.8. The fourth-order valence-corrected chi connectivity index (χ4v) is 4.64. The lowest BCUT2D eigenvalue weighted by Crippen LogP contribution is -2.54. The second-order valence-corrected chi connectivity index (χ2v) is 7.73. The molecule has 0 aliphatic carbocycles. The van der Waals surface area contributed by atoms with Crippen LogP contribution < -0.4 is 4.90 Å². The molecule has 4 amide bonds. The van der Waals surface area contributed by atoms with Crippen molar-refractivity contribution in [2.75, 3.05) is 18.6 Å². The molecule has 3 heterocycles. The molecule has 9 nitrogen and oxygen atoms in total. The van der Waals surface area contributed by atoms with Gasteiger partial charge in [-0.1, -0.05) is 0 Å². The highest BCUT2D eigenvalue weighted by molar-refractivity contribution is 6.22. The largest absolute Gasteiger partial charge is 0.469 e. The number of hydrogen-bond donors (Lipinski definition) is 0. The van der Waals surface area contributed by atoms with Crippen molar-refractivity contribution in [3.8, 4) is 6.07 Å². The number of rotatable bonds is 4. The fourth-order valence-electron chi connectivity index (χ4n) is 4.64. The first-order valence-electron chi connectivity index (χ1n) is 9.72. The first-order valence-corrected chi connectivity index (χ1v) is 9.72. The lowest BCUT2D eigenvalue weighted by atomic mass is 10.1. The molecular weight excluding hydrogens is 433 g/mol. The normalized spacial score (nSPS) is 24.1. The van der Waals surface area contributed by atoms with Crippen LogP contribution in [0.5, 0.6) is 0 Å². The second-order valence-electron chi connectivity index (χ2n) is 7.73. The van der Waals surface area contributed by atoms with Gasteiger partial charge in [-0.3, -0.25) is 14.4 Å². The number of ether oxygens (including phenoxy) is 1. The van der Waals surface area contributed by atoms with Gasteiger partial charge in [0.05, 0.1) is 48.5 Å². The van der Waals surface area contributed by atoms with Crippen LogP contribution in [-0.2, 0) is 25.3 Å². The number of esters is 1. The Labute approximate surface area is 179 Å². The minimum atomic E-state index is -4.84. The Kier molecular flexibility index (Phi) is 5.07. The number of carbonyl (C=O) groups excluding carboxylic acids is 4. The van der Waals surface area contributed by atoms with Gasteiger partial charge >= 0.3 is 18.2 Å². The molecule has 2 bridgehead atoms. The highest BCUT2D eigenvalue weighted by Crippen LogP contribution is 2.43. The van der Waals surface area contributed by atoms with E-state index in [2.05, 4.69) is 4.74 Å². The van der Waals surface area contributed by atoms with Crippen molar-refractivity contribution in [1.82, 2.24) is 9.80 Å². The van der Waals surface area contributed by atoms with Crippen LogP contribution in [0.3, 0.4) is 0 Å². The van der Waals surface area contributed by atoms with Crippen LogP contribution in [0.1, 0.15) is 30.4 Å². The molecule has 3 aliphatic heterocycles. The predicted octanol–water partition coefficient (Wildman–Crippen LogP) is 1.65. The predicted molar refractivity (Wildman–Crippen MR) is 99.8 cm³/mol. The molecule has 1 aromatic rings. The summed E-state index contributed by atoms with van der Waals surface area (Å²) in [5, 5.41) is 8.95. The Balaban J connectivity index is 1.59. The second kappa shape index (κ2) is 7.51. The molecule has 0 N–H and O–H groups in total. The Morgan fingerprint density at radius 2 is 1.97 bits per heavy atom. The zero-order chi connectivity index (χ0) is 23.4. The lowest BCUT2D eigenvalue weighted by Gasteiger charge is -2.34. The van der Waals surface area contributed by atoms with Gasteiger partial charge in [0.25, 0.3) is 5.91 Å². The summed E-state index contributed by atoms with van der Waals surface area (Å²) in [4.78, 5) is 53.3. The molecule has 12 heteroatoms. The van der Waals surface area contributed by atoms with Gasteiger partial charge in [-0.15, -0.1) is 0 Å². The molecule has 0 saturated carbocycles. The third-order valence-electron chi connectivity index (χ3n) is 6.04. The van der Waals surface area contributed by atoms with Crippen molar-refractivity contribution < 1.29 is 37.1 Å². The van der Waals surface area contributed by atoms with E-state index in [4.69, 9.17) is 5.26 Å². The zero-order valence-corrected chi connectivity index (χ0v) is 16.8. The monoisotopic (exact) mass is 450 g/mol. The van der Waals surface area contributed by atoms with Crippen LogP contribution in [0.15, 0.2) is 18.2 Å². The summed E-state index contributed by atoms with van der Waals surface area (Å²) < 4.78 is 44.5. The molecule has 0 spiro atoms. The number of alkyl halides is 3. The number of halogens is 3. The maximum atomic E-state index is 13.3. The Morgan fingerprint density at radius 1 is 1.25 bits per heavy atom. The molecule has 168 valence electrons. The van der Waals surface area contributed by atoms with Crippen LogP contribution in [0.25, 0.3) is 0 Å². The van der Waals surface area contributed by atoms with E-state index in [1.807, 2.05) is 0 Å². The smallest absolute Gasteiger partial charge is 0.417 e. The number of piperazine rings is 1. The first kappa shape index (κ1) is 21.6. The molecule has 4 rings (SSSR count). The van der Waals surface area contributed by atoms with Crippen LogP contribution >= 0.6 is 0 Å². The van der Waals surface area contributed by atoms with E-state index in [0.717, 1.165) is 12.1 Å². The van der Waals surface area contributed by atoms with E-state index in [0.29, 0.717) is 17.4 Å². The number of benzene rings is 1. The van der Waals surface area contributed by atoms with Crippen molar-refractivity contribution >= 4 is 29.5 Å². The summed E-state index contributed by atoms with van der Waals surface area (Å²) in [6, 6.07) is 1.26. The summed E-state index contributed by atoms with van der Waals surface area (Å²) in [5.41, 5.74) is -2.15. The van der Waals surface area contributed by atoms with Crippen LogP contribution in [-0.4, -0.2) is 65.4 Å². The molecule has 3 aliphatic rings. The molecule has 1 aromatic carbocycles. The molecule has 3 fully saturated rings. The highest BCUT2D eigenvalue weighted by Gasteiger charge is 2.62. The van der Waals surface area contributed by atoms with Gasteiger partial charge in [0.2, 0.25) is 5.91 Å². The van der Waals surface area contributed by atoms with Crippen molar-refractivity contribution in [2.24, 2.45) is 0 Å². The molecular formula is C20H17F3N4O5. The number of hydrogen-bond acceptors (Lipinski definition) is 6. The molecule has 2 unspecified atom stereocenters. The number of nitrogens with zero attached hydrogens (tertiary/aromatic N) is 4. The number of methoxy groups -OCH3 is 1. The maximum Gasteiger partial charge on any atom is 0.417 e. The number of imide groups is 1. The van der Waals surface area contributed by atoms with Gasteiger partial charge in [-0.05, 0) is 24.6 Å². The SMILES string of the molecule is COC(=O)CCC(=O)N1CC2CC1[C@H]1C(=O)N(c3ccc(C#N)c(C(F)(F)F)c3)C(=O)N21. The summed E-state index contributed by atoms with van der Waals surface area (Å²) >= 11 is 0. The molecule has 0 aromatic heterocycles. The van der Waals surface area contributed by atoms with E-state index in [1.165, 1.54) is 23.0 Å². The summed E-state index contributed by atoms with van der Waals surface area (Å²) in [6.45, 7) is 0.176. The number of anilines is 1. The standard InChI is InChI=1S/C20H17F3N4O5/c1-32-16(29)5-4-15(28)25-9-12-7-14(25)17-18(30)27(19(31)26(12)17)11-3-2-10(8-24)13(6-11)20(21,22)23/h2-3,6,12,14,17H,4-5,7,9H2,1H3/t12?,14?,17-/m0/s1. The molecule has 3 atom stereocenters. The van der Waals surface area contributed by atoms with Crippen molar-refractivity contribution in [3.05, 3.63) is 29.3 Å². The van der Waals surface area contributed by atoms with E-state index < -0.39 is 53.3 Å². The molecule has 3 saturated heterocycles. The van der Waals surface area contributed by atoms with Gasteiger partial charge in [-0.25, -0.2) is 9.69 Å². The van der Waals surface area contributed by atoms with E-state index >= 15 is 0 Å². The van der Waals surface area contributed by atoms with Crippen molar-refractivity contribution in [2.45, 2.75) is 43.6 Å². The summed E-state index contributed by atoms with van der Waals surface area (Å²) in [6.07, 6.45) is -4.70. The summed E-state index contributed by atoms with van der Waals surface area (Å²) in [7, 11) is 1.20. The number of amides is 4. The highest BCUT2D eigenvalue weighted by atomic mass is 19.4. The lowest BCUT2D eigenvalue weighted by molar-refractivity contribution is -0.144. The number of carbonyl (C=O) groups is 4. The van der Waals surface area contributed by atoms with E-state index in [-0.39, 0.29) is 31.0 Å². The van der Waals surface area contributed by atoms with Crippen LogP contribution in [0.4, 0.5) is 23.7 Å². The number of fused-ring (bicyclic) bond motifs is 5. The van der Waals surface area contributed by atoms with Crippen molar-refractivity contribution in [1.29, 1.82) is 5.26 Å². The van der Waals surface area contributed by atoms with Crippen LogP contribution in [0, 0.1) is 11.3 Å². The Morgan fingerprint density at radius 3 is 2.59 bits per heavy atom. The Bertz CT molecular complexity index is 1070. The van der Waals surface area contributed by atoms with E-state index in [1.54, 1.807) is 0 Å². The fraction of sp³-hybridized carbons (Fsp3) is 0.450. The van der Waals surface area contributed by atoms with Gasteiger partial charge in [0.15, 0.2) is 0 Å². The average Bonchev–Trinajstić information content (AvgIpc) is 3.42. The topological polar surface area (TPSA) is 111 Å². The average molecular weight is 450 g/mol.